The maximum Gasteiger partial charge on any atom is 0.237 e. The predicted octanol–water partition coefficient (Wildman–Crippen LogP) is 5.25. The molecule has 0 saturated carbocycles. The lowest BCUT2D eigenvalue weighted by Crippen LogP contribution is -2.40. The van der Waals surface area contributed by atoms with E-state index in [1.165, 1.54) is 5.56 Å². The molecule has 0 spiro atoms. The highest BCUT2D eigenvalue weighted by Crippen LogP contribution is 2.33. The molecule has 0 atom stereocenters. The van der Waals surface area contributed by atoms with Crippen LogP contribution in [0, 0.1) is 0 Å². The maximum atomic E-state index is 13.5. The lowest BCUT2D eigenvalue weighted by molar-refractivity contribution is -0.133. The summed E-state index contributed by atoms with van der Waals surface area (Å²) in [6.07, 6.45) is 2.06. The van der Waals surface area contributed by atoms with E-state index in [-0.39, 0.29) is 12.7 Å². The highest BCUT2D eigenvalue weighted by Gasteiger charge is 2.20. The molecule has 3 aromatic carbocycles. The SMILES string of the molecule is CCCCN(Cc1ccccc1)C(=O)CN(Cc1ccccc1)Cc1ccc2c(c1)OCO2. The van der Waals surface area contributed by atoms with Crippen molar-refractivity contribution in [2.75, 3.05) is 19.9 Å². The Bertz CT molecular complexity index is 1020. The summed E-state index contributed by atoms with van der Waals surface area (Å²) >= 11 is 0. The average Bonchev–Trinajstić information content (AvgIpc) is 3.31. The van der Waals surface area contributed by atoms with Crippen molar-refractivity contribution in [3.63, 3.8) is 0 Å². The molecular weight excluding hydrogens is 412 g/mol. The summed E-state index contributed by atoms with van der Waals surface area (Å²) in [5.74, 6) is 1.70. The van der Waals surface area contributed by atoms with Gasteiger partial charge in [-0.25, -0.2) is 0 Å². The fraction of sp³-hybridized carbons (Fsp3) is 0.321. The molecule has 0 saturated heterocycles. The van der Waals surface area contributed by atoms with Gasteiger partial charge in [0.15, 0.2) is 11.5 Å². The summed E-state index contributed by atoms with van der Waals surface area (Å²) in [5, 5.41) is 0. The highest BCUT2D eigenvalue weighted by molar-refractivity contribution is 5.78. The van der Waals surface area contributed by atoms with Crippen molar-refractivity contribution >= 4 is 5.91 Å². The van der Waals surface area contributed by atoms with E-state index >= 15 is 0 Å². The van der Waals surface area contributed by atoms with Gasteiger partial charge >= 0.3 is 0 Å². The zero-order chi connectivity index (χ0) is 22.9. The fourth-order valence-corrected chi connectivity index (χ4v) is 4.04. The van der Waals surface area contributed by atoms with Crippen molar-refractivity contribution in [3.8, 4) is 11.5 Å². The van der Waals surface area contributed by atoms with Crippen LogP contribution in [0.3, 0.4) is 0 Å². The summed E-state index contributed by atoms with van der Waals surface area (Å²) in [7, 11) is 0. The molecule has 1 aliphatic heterocycles. The smallest absolute Gasteiger partial charge is 0.237 e. The number of benzene rings is 3. The average molecular weight is 445 g/mol. The molecule has 1 amide bonds. The Labute approximate surface area is 196 Å². The molecule has 33 heavy (non-hydrogen) atoms. The zero-order valence-corrected chi connectivity index (χ0v) is 19.3. The van der Waals surface area contributed by atoms with Gasteiger partial charge in [-0.3, -0.25) is 9.69 Å². The summed E-state index contributed by atoms with van der Waals surface area (Å²) in [4.78, 5) is 17.7. The van der Waals surface area contributed by atoms with Crippen molar-refractivity contribution in [1.29, 1.82) is 0 Å². The van der Waals surface area contributed by atoms with E-state index < -0.39 is 0 Å². The van der Waals surface area contributed by atoms with E-state index in [0.717, 1.165) is 42.0 Å². The summed E-state index contributed by atoms with van der Waals surface area (Å²) < 4.78 is 11.0. The highest BCUT2D eigenvalue weighted by atomic mass is 16.7. The Balaban J connectivity index is 1.50. The number of carbonyl (C=O) groups excluding carboxylic acids is 1. The van der Waals surface area contributed by atoms with Crippen LogP contribution in [0.1, 0.15) is 36.5 Å². The van der Waals surface area contributed by atoms with Crippen molar-refractivity contribution < 1.29 is 14.3 Å². The third-order valence-corrected chi connectivity index (χ3v) is 5.80. The molecule has 1 heterocycles. The van der Waals surface area contributed by atoms with Gasteiger partial charge in [0.2, 0.25) is 12.7 Å². The van der Waals surface area contributed by atoms with Gasteiger partial charge in [-0.05, 0) is 35.2 Å². The molecular formula is C28H32N2O3. The number of amides is 1. The van der Waals surface area contributed by atoms with Crippen LogP contribution in [0.15, 0.2) is 78.9 Å². The Morgan fingerprint density at radius 3 is 2.12 bits per heavy atom. The van der Waals surface area contributed by atoms with Crippen molar-refractivity contribution in [3.05, 3.63) is 95.6 Å². The number of nitrogens with zero attached hydrogens (tertiary/aromatic N) is 2. The minimum atomic E-state index is 0.156. The normalized spacial score (nSPS) is 12.2. The quantitative estimate of drug-likeness (QED) is 0.405. The first-order valence-electron chi connectivity index (χ1n) is 11.7. The second kappa shape index (κ2) is 11.5. The number of unbranched alkanes of at least 4 members (excludes halogenated alkanes) is 1. The summed E-state index contributed by atoms with van der Waals surface area (Å²) in [5.41, 5.74) is 3.45. The van der Waals surface area contributed by atoms with Crippen LogP contribution in [-0.4, -0.2) is 35.6 Å². The molecule has 1 aliphatic rings. The maximum absolute atomic E-state index is 13.5. The molecule has 3 aromatic rings. The van der Waals surface area contributed by atoms with E-state index in [2.05, 4.69) is 42.2 Å². The Hall–Kier alpha value is -3.31. The predicted molar refractivity (Wildman–Crippen MR) is 130 cm³/mol. The first-order chi connectivity index (χ1) is 16.2. The molecule has 5 heteroatoms. The second-order valence-electron chi connectivity index (χ2n) is 8.47. The molecule has 0 N–H and O–H groups in total. The lowest BCUT2D eigenvalue weighted by Gasteiger charge is -2.28. The largest absolute Gasteiger partial charge is 0.454 e. The van der Waals surface area contributed by atoms with Gasteiger partial charge in [-0.15, -0.1) is 0 Å². The summed E-state index contributed by atoms with van der Waals surface area (Å²) in [6, 6.07) is 26.6. The van der Waals surface area contributed by atoms with Gasteiger partial charge in [-0.2, -0.15) is 0 Å². The minimum absolute atomic E-state index is 0.156. The van der Waals surface area contributed by atoms with E-state index in [1.54, 1.807) is 0 Å². The molecule has 0 radical (unpaired) electrons. The molecule has 0 fully saturated rings. The number of hydrogen-bond acceptors (Lipinski definition) is 4. The monoisotopic (exact) mass is 444 g/mol. The van der Waals surface area contributed by atoms with Gasteiger partial charge in [-0.1, -0.05) is 80.1 Å². The van der Waals surface area contributed by atoms with E-state index in [1.807, 2.05) is 53.4 Å². The first-order valence-corrected chi connectivity index (χ1v) is 11.7. The number of hydrogen-bond donors (Lipinski definition) is 0. The zero-order valence-electron chi connectivity index (χ0n) is 19.3. The Morgan fingerprint density at radius 1 is 0.788 bits per heavy atom. The van der Waals surface area contributed by atoms with E-state index in [9.17, 15) is 4.79 Å². The van der Waals surface area contributed by atoms with Gasteiger partial charge in [0, 0.05) is 26.2 Å². The van der Waals surface area contributed by atoms with Crippen LogP contribution in [0.5, 0.6) is 11.5 Å². The standard InChI is InChI=1S/C28H32N2O3/c1-2-3-16-30(20-24-12-8-5-9-13-24)28(31)21-29(18-23-10-6-4-7-11-23)19-25-14-15-26-27(17-25)33-22-32-26/h4-15,17H,2-3,16,18-22H2,1H3. The molecule has 4 rings (SSSR count). The van der Waals surface area contributed by atoms with Crippen molar-refractivity contribution in [2.24, 2.45) is 0 Å². The van der Waals surface area contributed by atoms with E-state index in [0.29, 0.717) is 26.2 Å². The van der Waals surface area contributed by atoms with Crippen LogP contribution in [0.2, 0.25) is 0 Å². The Morgan fingerprint density at radius 2 is 1.42 bits per heavy atom. The molecule has 5 nitrogen and oxygen atoms in total. The van der Waals surface area contributed by atoms with Crippen LogP contribution in [-0.2, 0) is 24.4 Å². The van der Waals surface area contributed by atoms with Crippen LogP contribution >= 0.6 is 0 Å². The van der Waals surface area contributed by atoms with Crippen LogP contribution in [0.4, 0.5) is 0 Å². The number of carbonyl (C=O) groups is 1. The molecule has 0 bridgehead atoms. The third kappa shape index (κ3) is 6.59. The Kier molecular flexibility index (Phi) is 7.99. The second-order valence-corrected chi connectivity index (χ2v) is 8.47. The van der Waals surface area contributed by atoms with E-state index in [4.69, 9.17) is 9.47 Å². The van der Waals surface area contributed by atoms with Crippen molar-refractivity contribution in [1.82, 2.24) is 9.80 Å². The van der Waals surface area contributed by atoms with Crippen LogP contribution in [0.25, 0.3) is 0 Å². The topological polar surface area (TPSA) is 42.0 Å². The van der Waals surface area contributed by atoms with Gasteiger partial charge in [0.1, 0.15) is 0 Å². The summed E-state index contributed by atoms with van der Waals surface area (Å²) in [6.45, 7) is 5.55. The molecule has 0 unspecified atom stereocenters. The molecule has 0 aliphatic carbocycles. The first kappa shape index (κ1) is 22.9. The fourth-order valence-electron chi connectivity index (χ4n) is 4.04. The van der Waals surface area contributed by atoms with Gasteiger partial charge < -0.3 is 14.4 Å². The number of fused-ring (bicyclic) bond motifs is 1. The molecule has 0 aromatic heterocycles. The molecule has 172 valence electrons. The minimum Gasteiger partial charge on any atom is -0.454 e. The lowest BCUT2D eigenvalue weighted by atomic mass is 10.1. The van der Waals surface area contributed by atoms with Gasteiger partial charge in [0.25, 0.3) is 0 Å². The third-order valence-electron chi connectivity index (χ3n) is 5.80. The van der Waals surface area contributed by atoms with Crippen LogP contribution < -0.4 is 9.47 Å². The van der Waals surface area contributed by atoms with Gasteiger partial charge in [0.05, 0.1) is 6.54 Å². The van der Waals surface area contributed by atoms with Crippen molar-refractivity contribution in [2.45, 2.75) is 39.4 Å². The number of ether oxygens (including phenoxy) is 2. The number of rotatable bonds is 11.